The van der Waals surface area contributed by atoms with Gasteiger partial charge < -0.3 is 0 Å². The average molecular weight is 920 g/mol. The second kappa shape index (κ2) is 14.7. The fourth-order valence-electron chi connectivity index (χ4n) is 4.85. The Bertz CT molecular complexity index is 1770. The third-order valence-corrected chi connectivity index (χ3v) is 8.22. The van der Waals surface area contributed by atoms with Gasteiger partial charge in [0, 0.05) is 19.3 Å². The van der Waals surface area contributed by atoms with E-state index in [1.165, 1.54) is 0 Å². The number of fused-ring (bicyclic) bond motifs is 1. The predicted molar refractivity (Wildman–Crippen MR) is 132 cm³/mol. The molecule has 0 saturated carbocycles. The van der Waals surface area contributed by atoms with Crippen LogP contribution in [-0.4, -0.2) is 90.3 Å². The minimum absolute atomic E-state index is 0.0159. The van der Waals surface area contributed by atoms with Gasteiger partial charge in [-0.3, -0.25) is 0 Å². The molecule has 30 heteroatoms. The van der Waals surface area contributed by atoms with E-state index in [0.29, 0.717) is 12.1 Å². The third kappa shape index (κ3) is 7.40. The smallest absolute Gasteiger partial charge is 0.203 e. The van der Waals surface area contributed by atoms with Gasteiger partial charge in [-0.2, -0.15) is 105 Å². The number of halogens is 30. The fraction of sp³-hybridized carbons (Fsp3) is 0.643. The maximum Gasteiger partial charge on any atom is 0.384 e. The molecule has 0 saturated heterocycles. The Morgan fingerprint density at radius 3 is 0.931 bits per heavy atom. The Morgan fingerprint density at radius 2 is 0.621 bits per heavy atom. The van der Waals surface area contributed by atoms with Gasteiger partial charge in [0.1, 0.15) is 0 Å². The summed E-state index contributed by atoms with van der Waals surface area (Å²) in [6.07, 6.45) is -30.1. The number of rotatable bonds is 18. The lowest BCUT2D eigenvalue weighted by molar-refractivity contribution is -0.384. The van der Waals surface area contributed by atoms with Crippen molar-refractivity contribution in [3.63, 3.8) is 0 Å². The van der Waals surface area contributed by atoms with E-state index in [-0.39, 0.29) is 12.1 Å². The second-order valence-corrected chi connectivity index (χ2v) is 12.1. The van der Waals surface area contributed by atoms with Crippen molar-refractivity contribution in [1.29, 1.82) is 0 Å². The van der Waals surface area contributed by atoms with Crippen molar-refractivity contribution in [2.24, 2.45) is 0 Å². The minimum atomic E-state index is -8.14. The van der Waals surface area contributed by atoms with Crippen LogP contribution in [0.1, 0.15) is 16.7 Å². The van der Waals surface area contributed by atoms with Gasteiger partial charge >= 0.3 is 90.3 Å². The van der Waals surface area contributed by atoms with Gasteiger partial charge in [-0.15, -0.1) is 0 Å². The van der Waals surface area contributed by atoms with Crippen LogP contribution < -0.4 is 0 Å². The summed E-state index contributed by atoms with van der Waals surface area (Å²) in [6.45, 7) is 0. The fourth-order valence-corrected chi connectivity index (χ4v) is 4.85. The van der Waals surface area contributed by atoms with Crippen LogP contribution in [0.25, 0.3) is 10.8 Å². The molecule has 58 heavy (non-hydrogen) atoms. The van der Waals surface area contributed by atoms with Gasteiger partial charge in [-0.1, -0.05) is 30.3 Å². The van der Waals surface area contributed by atoms with E-state index in [9.17, 15) is 114 Å². The highest BCUT2D eigenvalue weighted by atomic mass is 19.4. The summed E-state index contributed by atoms with van der Waals surface area (Å²) in [4.78, 5) is 0. The highest BCUT2D eigenvalue weighted by Crippen LogP contribution is 2.59. The molecule has 0 fully saturated rings. The van der Waals surface area contributed by atoms with E-state index in [4.69, 9.17) is 0 Å². The number of hydrogen-bond donors (Lipinski definition) is 0. The summed E-state index contributed by atoms with van der Waals surface area (Å²) >= 11 is 0. The van der Waals surface area contributed by atoms with E-state index >= 15 is 17.6 Å². The first-order chi connectivity index (χ1) is 25.3. The van der Waals surface area contributed by atoms with Crippen LogP contribution in [0.5, 0.6) is 0 Å². The summed E-state index contributed by atoms with van der Waals surface area (Å²) in [5.74, 6) is -93.2. The summed E-state index contributed by atoms with van der Waals surface area (Å²) < 4.78 is 417. The standard InChI is InChI=1S/C28H14F30/c29-14(30)20(41,42)26(53,54)23(47,48)17(35,36)6-10-5-9-3-1-2-4-11(9)13(8-19(39,40)25(51,52)28(57,58)22(45,46)16(33)34)12(10)7-18(37,38)24(49,50)27(55,56)21(43,44)15(31)32/h1-5,14-16H,6-8H2. The molecular formula is C28H14F30. The highest BCUT2D eigenvalue weighted by Gasteiger charge is 2.85. The second-order valence-electron chi connectivity index (χ2n) is 12.1. The molecule has 0 aliphatic carbocycles. The Kier molecular flexibility index (Phi) is 12.8. The monoisotopic (exact) mass is 920 g/mol. The van der Waals surface area contributed by atoms with Crippen molar-refractivity contribution < 1.29 is 132 Å². The molecule has 2 aromatic carbocycles. The first kappa shape index (κ1) is 50.7. The topological polar surface area (TPSA) is 0 Å². The Balaban J connectivity index is 3.20. The molecule has 0 unspecified atom stereocenters. The van der Waals surface area contributed by atoms with Crippen LogP contribution in [0.3, 0.4) is 0 Å². The quantitative estimate of drug-likeness (QED) is 0.131. The van der Waals surface area contributed by atoms with E-state index in [0.717, 1.165) is 0 Å². The highest BCUT2D eigenvalue weighted by molar-refractivity contribution is 5.88. The van der Waals surface area contributed by atoms with E-state index in [1.54, 1.807) is 0 Å². The first-order valence-electron chi connectivity index (χ1n) is 14.2. The molecule has 0 radical (unpaired) electrons. The Hall–Kier alpha value is -3.40. The molecule has 0 aliphatic rings. The Labute approximate surface area is 300 Å². The van der Waals surface area contributed by atoms with Crippen LogP contribution in [-0.2, 0) is 19.3 Å². The lowest BCUT2D eigenvalue weighted by Crippen LogP contribution is -2.65. The summed E-state index contributed by atoms with van der Waals surface area (Å²) in [5, 5.41) is -3.23. The van der Waals surface area contributed by atoms with Crippen LogP contribution in [0.15, 0.2) is 30.3 Å². The molecule has 2 aromatic rings. The molecule has 0 heterocycles. The minimum Gasteiger partial charge on any atom is -0.203 e. The molecule has 0 aliphatic heterocycles. The average Bonchev–Trinajstić information content (AvgIpc) is 3.04. The lowest BCUT2D eigenvalue weighted by Gasteiger charge is -2.39. The number of hydrogen-bond acceptors (Lipinski definition) is 0. The zero-order chi connectivity index (χ0) is 46.3. The van der Waals surface area contributed by atoms with Gasteiger partial charge in [0.05, 0.1) is 0 Å². The maximum atomic E-state index is 15.1. The van der Waals surface area contributed by atoms with Crippen molar-refractivity contribution in [2.45, 2.75) is 110 Å². The Morgan fingerprint density at radius 1 is 0.345 bits per heavy atom. The van der Waals surface area contributed by atoms with Gasteiger partial charge in [-0.25, -0.2) is 26.3 Å². The zero-order valence-electron chi connectivity index (χ0n) is 26.6. The van der Waals surface area contributed by atoms with E-state index in [1.807, 2.05) is 0 Å². The van der Waals surface area contributed by atoms with Crippen molar-refractivity contribution >= 4 is 10.8 Å². The molecule has 0 N–H and O–H groups in total. The van der Waals surface area contributed by atoms with E-state index < -0.39 is 143 Å². The molecule has 0 bridgehead atoms. The SMILES string of the molecule is FC(F)C(F)(F)C(F)(F)C(F)(F)C(F)(F)Cc1cc2ccccc2c(CC(F)(F)C(F)(F)C(F)(F)C(F)(F)C(F)F)c1CC(F)(F)C(F)(F)C(F)(F)C(F)(F)C(F)F. The number of alkyl halides is 30. The van der Waals surface area contributed by atoms with Gasteiger partial charge in [0.2, 0.25) is 0 Å². The summed E-state index contributed by atoms with van der Waals surface area (Å²) in [5.41, 5.74) is -8.83. The van der Waals surface area contributed by atoms with Gasteiger partial charge in [0.25, 0.3) is 0 Å². The molecule has 0 aromatic heterocycles. The molecule has 0 spiro atoms. The molecule has 336 valence electrons. The normalized spacial score (nSPS) is 15.7. The summed E-state index contributed by atoms with van der Waals surface area (Å²) in [7, 11) is 0. The molecular weight excluding hydrogens is 906 g/mol. The van der Waals surface area contributed by atoms with Crippen LogP contribution in [0.4, 0.5) is 132 Å². The zero-order valence-corrected chi connectivity index (χ0v) is 26.6. The van der Waals surface area contributed by atoms with Gasteiger partial charge in [0.15, 0.2) is 0 Å². The first-order valence-corrected chi connectivity index (χ1v) is 14.2. The third-order valence-electron chi connectivity index (χ3n) is 8.22. The number of benzene rings is 2. The lowest BCUT2D eigenvalue weighted by atomic mass is 9.81. The van der Waals surface area contributed by atoms with Gasteiger partial charge in [-0.05, 0) is 27.5 Å². The van der Waals surface area contributed by atoms with Crippen LogP contribution >= 0.6 is 0 Å². The molecule has 0 amide bonds. The molecule has 2 rings (SSSR count). The largest absolute Gasteiger partial charge is 0.384 e. The molecule has 0 nitrogen and oxygen atoms in total. The predicted octanol–water partition coefficient (Wildman–Crippen LogP) is 12.9. The van der Waals surface area contributed by atoms with Crippen LogP contribution in [0, 0.1) is 0 Å². The van der Waals surface area contributed by atoms with Crippen molar-refractivity contribution in [3.8, 4) is 0 Å². The van der Waals surface area contributed by atoms with Crippen molar-refractivity contribution in [2.75, 3.05) is 0 Å². The van der Waals surface area contributed by atoms with E-state index in [2.05, 4.69) is 0 Å². The summed E-state index contributed by atoms with van der Waals surface area (Å²) in [6, 6.07) is 0.377. The van der Waals surface area contributed by atoms with Crippen LogP contribution in [0.2, 0.25) is 0 Å². The van der Waals surface area contributed by atoms with Crippen molar-refractivity contribution in [1.82, 2.24) is 0 Å². The van der Waals surface area contributed by atoms with Crippen molar-refractivity contribution in [3.05, 3.63) is 47.0 Å². The maximum absolute atomic E-state index is 15.1. The molecule has 0 atom stereocenters.